The molecule has 0 spiro atoms. The molecule has 124 valence electrons. The molecule has 0 fully saturated rings. The fraction of sp³-hybridized carbons (Fsp3) is 0.263. The van der Waals surface area contributed by atoms with Gasteiger partial charge in [0.05, 0.1) is 17.9 Å². The summed E-state index contributed by atoms with van der Waals surface area (Å²) in [6.45, 7) is 5.00. The predicted octanol–water partition coefficient (Wildman–Crippen LogP) is 3.32. The van der Waals surface area contributed by atoms with Crippen LogP contribution >= 0.6 is 0 Å². The van der Waals surface area contributed by atoms with Gasteiger partial charge in [0.1, 0.15) is 5.75 Å². The first-order valence-corrected chi connectivity index (χ1v) is 7.88. The van der Waals surface area contributed by atoms with Crippen molar-refractivity contribution in [2.24, 2.45) is 0 Å². The van der Waals surface area contributed by atoms with E-state index in [0.717, 1.165) is 0 Å². The fourth-order valence-electron chi connectivity index (χ4n) is 2.78. The van der Waals surface area contributed by atoms with E-state index in [1.54, 1.807) is 19.2 Å². The van der Waals surface area contributed by atoms with Crippen LogP contribution in [0, 0.1) is 0 Å². The highest BCUT2D eigenvalue weighted by atomic mass is 16.5. The number of fused-ring (bicyclic) bond motifs is 1. The molecule has 0 aliphatic heterocycles. The third kappa shape index (κ3) is 2.97. The van der Waals surface area contributed by atoms with Crippen LogP contribution in [0.5, 0.6) is 5.75 Å². The molecule has 0 unspecified atom stereocenters. The SMILES string of the molecule is COc1cccc2c(=O)[nH]nc(NCC(C)(C)c3ccccc3)c12. The monoisotopic (exact) mass is 323 g/mol. The van der Waals surface area contributed by atoms with Crippen LogP contribution in [0.3, 0.4) is 0 Å². The summed E-state index contributed by atoms with van der Waals surface area (Å²) >= 11 is 0. The molecule has 24 heavy (non-hydrogen) atoms. The summed E-state index contributed by atoms with van der Waals surface area (Å²) in [5, 5.41) is 11.4. The Hall–Kier alpha value is -2.82. The number of ether oxygens (including phenoxy) is 1. The van der Waals surface area contributed by atoms with E-state index < -0.39 is 0 Å². The van der Waals surface area contributed by atoms with E-state index >= 15 is 0 Å². The smallest absolute Gasteiger partial charge is 0.272 e. The minimum Gasteiger partial charge on any atom is -0.496 e. The van der Waals surface area contributed by atoms with Crippen molar-refractivity contribution >= 4 is 16.6 Å². The van der Waals surface area contributed by atoms with Crippen molar-refractivity contribution in [1.82, 2.24) is 10.2 Å². The summed E-state index contributed by atoms with van der Waals surface area (Å²) in [5.41, 5.74) is 0.919. The van der Waals surface area contributed by atoms with Crippen LogP contribution in [0.2, 0.25) is 0 Å². The Bertz CT molecular complexity index is 901. The first-order chi connectivity index (χ1) is 11.5. The highest BCUT2D eigenvalue weighted by molar-refractivity contribution is 5.96. The molecule has 1 aromatic heterocycles. The molecule has 0 saturated heterocycles. The number of hydrogen-bond donors (Lipinski definition) is 2. The van der Waals surface area contributed by atoms with Gasteiger partial charge in [0.15, 0.2) is 5.82 Å². The van der Waals surface area contributed by atoms with Gasteiger partial charge in [-0.15, -0.1) is 0 Å². The van der Waals surface area contributed by atoms with E-state index in [9.17, 15) is 4.79 Å². The fourth-order valence-corrected chi connectivity index (χ4v) is 2.78. The second-order valence-electron chi connectivity index (χ2n) is 6.39. The highest BCUT2D eigenvalue weighted by Gasteiger charge is 2.21. The Labute approximate surface area is 140 Å². The lowest BCUT2D eigenvalue weighted by Crippen LogP contribution is -2.28. The first kappa shape index (κ1) is 16.1. The van der Waals surface area contributed by atoms with Crippen molar-refractivity contribution in [3.8, 4) is 5.75 Å². The lowest BCUT2D eigenvalue weighted by Gasteiger charge is -2.26. The zero-order chi connectivity index (χ0) is 17.2. The number of hydrogen-bond acceptors (Lipinski definition) is 4. The van der Waals surface area contributed by atoms with Gasteiger partial charge >= 0.3 is 0 Å². The van der Waals surface area contributed by atoms with Crippen molar-refractivity contribution in [3.05, 3.63) is 64.4 Å². The molecular formula is C19H21N3O2. The summed E-state index contributed by atoms with van der Waals surface area (Å²) in [7, 11) is 1.59. The van der Waals surface area contributed by atoms with Gasteiger partial charge in [-0.1, -0.05) is 50.2 Å². The largest absolute Gasteiger partial charge is 0.496 e. The van der Waals surface area contributed by atoms with Gasteiger partial charge < -0.3 is 10.1 Å². The molecule has 5 heteroatoms. The summed E-state index contributed by atoms with van der Waals surface area (Å²) in [6, 6.07) is 15.7. The maximum atomic E-state index is 12.0. The van der Waals surface area contributed by atoms with Crippen LogP contribution in [-0.4, -0.2) is 23.9 Å². The zero-order valence-corrected chi connectivity index (χ0v) is 14.1. The van der Waals surface area contributed by atoms with Gasteiger partial charge in [0, 0.05) is 12.0 Å². The average Bonchev–Trinajstić information content (AvgIpc) is 2.61. The van der Waals surface area contributed by atoms with E-state index in [1.807, 2.05) is 24.3 Å². The molecule has 0 aliphatic rings. The van der Waals surface area contributed by atoms with E-state index in [0.29, 0.717) is 28.9 Å². The Morgan fingerprint density at radius 3 is 2.58 bits per heavy atom. The molecular weight excluding hydrogens is 302 g/mol. The number of nitrogens with one attached hydrogen (secondary N) is 2. The van der Waals surface area contributed by atoms with Gasteiger partial charge in [0.2, 0.25) is 0 Å². The van der Waals surface area contributed by atoms with Crippen molar-refractivity contribution in [2.75, 3.05) is 19.0 Å². The van der Waals surface area contributed by atoms with Crippen LogP contribution in [0.15, 0.2) is 53.3 Å². The van der Waals surface area contributed by atoms with Crippen molar-refractivity contribution in [3.63, 3.8) is 0 Å². The summed E-state index contributed by atoms with van der Waals surface area (Å²) < 4.78 is 5.41. The number of benzene rings is 2. The molecule has 3 rings (SSSR count). The molecule has 0 radical (unpaired) electrons. The van der Waals surface area contributed by atoms with E-state index in [1.165, 1.54) is 5.56 Å². The molecule has 0 amide bonds. The quantitative estimate of drug-likeness (QED) is 0.756. The Morgan fingerprint density at radius 1 is 1.12 bits per heavy atom. The lowest BCUT2D eigenvalue weighted by molar-refractivity contribution is 0.419. The van der Waals surface area contributed by atoms with Crippen LogP contribution in [-0.2, 0) is 5.41 Å². The molecule has 0 bridgehead atoms. The highest BCUT2D eigenvalue weighted by Crippen LogP contribution is 2.30. The van der Waals surface area contributed by atoms with Crippen LogP contribution in [0.1, 0.15) is 19.4 Å². The van der Waals surface area contributed by atoms with Crippen LogP contribution < -0.4 is 15.6 Å². The molecule has 1 heterocycles. The molecule has 3 aromatic rings. The van der Waals surface area contributed by atoms with Crippen LogP contribution in [0.4, 0.5) is 5.82 Å². The molecule has 2 N–H and O–H groups in total. The zero-order valence-electron chi connectivity index (χ0n) is 14.1. The van der Waals surface area contributed by atoms with E-state index in [4.69, 9.17) is 4.74 Å². The Morgan fingerprint density at radius 2 is 1.88 bits per heavy atom. The number of anilines is 1. The standard InChI is InChI=1S/C19H21N3O2/c1-19(2,13-8-5-4-6-9-13)12-20-17-16-14(18(23)22-21-17)10-7-11-15(16)24-3/h4-11H,12H2,1-3H3,(H,20,21)(H,22,23). The first-order valence-electron chi connectivity index (χ1n) is 7.88. The number of rotatable bonds is 5. The molecule has 0 aliphatic carbocycles. The van der Waals surface area contributed by atoms with E-state index in [2.05, 4.69) is 41.5 Å². The molecule has 0 saturated carbocycles. The number of nitrogens with zero attached hydrogens (tertiary/aromatic N) is 1. The molecule has 5 nitrogen and oxygen atoms in total. The predicted molar refractivity (Wildman–Crippen MR) is 96.9 cm³/mol. The normalized spacial score (nSPS) is 11.5. The minimum atomic E-state index is -0.225. The summed E-state index contributed by atoms with van der Waals surface area (Å²) in [5.74, 6) is 1.25. The minimum absolute atomic E-state index is 0.0899. The van der Waals surface area contributed by atoms with Crippen molar-refractivity contribution < 1.29 is 4.74 Å². The van der Waals surface area contributed by atoms with Gasteiger partial charge in [0.25, 0.3) is 5.56 Å². The number of aromatic nitrogens is 2. The number of aromatic amines is 1. The van der Waals surface area contributed by atoms with E-state index in [-0.39, 0.29) is 11.0 Å². The Kier molecular flexibility index (Phi) is 4.25. The summed E-state index contributed by atoms with van der Waals surface area (Å²) in [4.78, 5) is 12.0. The second-order valence-corrected chi connectivity index (χ2v) is 6.39. The third-order valence-electron chi connectivity index (χ3n) is 4.25. The maximum absolute atomic E-state index is 12.0. The Balaban J connectivity index is 1.96. The topological polar surface area (TPSA) is 67.0 Å². The van der Waals surface area contributed by atoms with Crippen molar-refractivity contribution in [2.45, 2.75) is 19.3 Å². The van der Waals surface area contributed by atoms with Gasteiger partial charge in [-0.25, -0.2) is 5.10 Å². The summed E-state index contributed by atoms with van der Waals surface area (Å²) in [6.07, 6.45) is 0. The van der Waals surface area contributed by atoms with Crippen LogP contribution in [0.25, 0.3) is 10.8 Å². The molecule has 0 atom stereocenters. The number of methoxy groups -OCH3 is 1. The van der Waals surface area contributed by atoms with Gasteiger partial charge in [-0.2, -0.15) is 5.10 Å². The third-order valence-corrected chi connectivity index (χ3v) is 4.25. The number of H-pyrrole nitrogens is 1. The van der Waals surface area contributed by atoms with Gasteiger partial charge in [-0.05, 0) is 17.7 Å². The van der Waals surface area contributed by atoms with Crippen molar-refractivity contribution in [1.29, 1.82) is 0 Å². The van der Waals surface area contributed by atoms with Gasteiger partial charge in [-0.3, -0.25) is 4.79 Å². The second kappa shape index (κ2) is 6.35. The lowest BCUT2D eigenvalue weighted by atomic mass is 9.84. The molecule has 2 aromatic carbocycles. The average molecular weight is 323 g/mol. The maximum Gasteiger partial charge on any atom is 0.272 e.